The summed E-state index contributed by atoms with van der Waals surface area (Å²) in [5.74, 6) is 0.726. The van der Waals surface area contributed by atoms with E-state index < -0.39 is 0 Å². The van der Waals surface area contributed by atoms with Crippen LogP contribution in [0.15, 0.2) is 60.0 Å². The molecule has 1 fully saturated rings. The number of ether oxygens (including phenoxy) is 2. The molecule has 3 heterocycles. The van der Waals surface area contributed by atoms with E-state index in [0.717, 1.165) is 28.8 Å². The second kappa shape index (κ2) is 11.6. The molecular weight excluding hydrogens is 516 g/mol. The summed E-state index contributed by atoms with van der Waals surface area (Å²) in [5.41, 5.74) is 1.87. The number of ketones is 1. The van der Waals surface area contributed by atoms with E-state index in [1.165, 1.54) is 11.3 Å². The maximum atomic E-state index is 13.2. The van der Waals surface area contributed by atoms with E-state index in [1.54, 1.807) is 54.8 Å². The molecule has 0 aliphatic carbocycles. The summed E-state index contributed by atoms with van der Waals surface area (Å²) in [6.07, 6.45) is 1.47. The van der Waals surface area contributed by atoms with Gasteiger partial charge >= 0.3 is 0 Å². The van der Waals surface area contributed by atoms with Gasteiger partial charge in [-0.2, -0.15) is 0 Å². The number of aromatic nitrogens is 2. The normalized spacial score (nSPS) is 13.7. The zero-order valence-electron chi connectivity index (χ0n) is 21.7. The summed E-state index contributed by atoms with van der Waals surface area (Å²) >= 11 is 1.43. The molecule has 2 aromatic carbocycles. The molecule has 0 saturated carbocycles. The molecule has 4 aromatic rings. The Hall–Kier alpha value is -4.31. The molecule has 0 radical (unpaired) electrons. The van der Waals surface area contributed by atoms with E-state index in [2.05, 4.69) is 15.3 Å². The summed E-state index contributed by atoms with van der Waals surface area (Å²) in [6, 6.07) is 16.0. The van der Waals surface area contributed by atoms with E-state index in [1.807, 2.05) is 24.3 Å². The molecule has 0 bridgehead atoms. The number of nitrogens with one attached hydrogen (secondary N) is 1. The minimum absolute atomic E-state index is 0.119. The smallest absolute Gasteiger partial charge is 0.272 e. The molecule has 0 atom stereocenters. The number of hydrogen-bond acceptors (Lipinski definition) is 8. The molecule has 1 N–H and O–H groups in total. The average Bonchev–Trinajstić information content (AvgIpc) is 3.49. The fourth-order valence-electron chi connectivity index (χ4n) is 4.62. The molecule has 9 nitrogen and oxygen atoms in total. The van der Waals surface area contributed by atoms with Crippen LogP contribution in [0.3, 0.4) is 0 Å². The summed E-state index contributed by atoms with van der Waals surface area (Å²) < 4.78 is 10.6. The third-order valence-corrected chi connectivity index (χ3v) is 7.83. The number of carbonyl (C=O) groups excluding carboxylic acids is 3. The predicted molar refractivity (Wildman–Crippen MR) is 148 cm³/mol. The van der Waals surface area contributed by atoms with Crippen molar-refractivity contribution < 1.29 is 23.9 Å². The molecule has 2 amide bonds. The summed E-state index contributed by atoms with van der Waals surface area (Å²) in [5, 5.41) is 6.10. The van der Waals surface area contributed by atoms with Gasteiger partial charge in [-0.15, -0.1) is 11.3 Å². The van der Waals surface area contributed by atoms with Crippen molar-refractivity contribution in [2.45, 2.75) is 18.8 Å². The van der Waals surface area contributed by atoms with Gasteiger partial charge in [0.2, 0.25) is 0 Å². The first kappa shape index (κ1) is 26.3. The maximum absolute atomic E-state index is 13.2. The van der Waals surface area contributed by atoms with Crippen LogP contribution in [-0.4, -0.2) is 66.3 Å². The first-order chi connectivity index (χ1) is 19.0. The molecule has 1 saturated heterocycles. The second-order valence-corrected chi connectivity index (χ2v) is 10.1. The van der Waals surface area contributed by atoms with E-state index in [0.29, 0.717) is 41.5 Å². The van der Waals surface area contributed by atoms with Crippen LogP contribution in [0.1, 0.15) is 55.1 Å². The number of nitrogens with zero attached hydrogens (tertiary/aromatic N) is 3. The number of fused-ring (bicyclic) bond motifs is 1. The Kier molecular flexibility index (Phi) is 7.83. The van der Waals surface area contributed by atoms with E-state index in [9.17, 15) is 14.4 Å². The average molecular weight is 545 g/mol. The Labute approximate surface area is 229 Å². The zero-order valence-corrected chi connectivity index (χ0v) is 22.5. The van der Waals surface area contributed by atoms with Crippen LogP contribution in [0, 0.1) is 0 Å². The van der Waals surface area contributed by atoms with Gasteiger partial charge in [0.05, 0.1) is 31.3 Å². The Morgan fingerprint density at radius 2 is 1.72 bits per heavy atom. The summed E-state index contributed by atoms with van der Waals surface area (Å²) in [7, 11) is 3.15. The number of likely N-dealkylation sites (tertiary alicyclic amines) is 1. The first-order valence-corrected chi connectivity index (χ1v) is 13.5. The van der Waals surface area contributed by atoms with Crippen molar-refractivity contribution in [3.8, 4) is 11.5 Å². The van der Waals surface area contributed by atoms with Crippen LogP contribution in [-0.2, 0) is 0 Å². The monoisotopic (exact) mass is 544 g/mol. The van der Waals surface area contributed by atoms with Crippen LogP contribution in [0.4, 0.5) is 0 Å². The summed E-state index contributed by atoms with van der Waals surface area (Å²) in [6.45, 7) is 1.02. The molecule has 0 unspecified atom stereocenters. The third-order valence-electron chi connectivity index (χ3n) is 6.82. The van der Waals surface area contributed by atoms with Crippen molar-refractivity contribution in [2.24, 2.45) is 0 Å². The van der Waals surface area contributed by atoms with Crippen molar-refractivity contribution >= 4 is 39.8 Å². The van der Waals surface area contributed by atoms with Crippen LogP contribution in [0.2, 0.25) is 0 Å². The first-order valence-electron chi connectivity index (χ1n) is 12.6. The molecule has 1 aliphatic rings. The van der Waals surface area contributed by atoms with Gasteiger partial charge < -0.3 is 19.7 Å². The number of amides is 2. The molecule has 5 rings (SSSR count). The minimum atomic E-state index is -0.386. The van der Waals surface area contributed by atoms with Gasteiger partial charge in [0.15, 0.2) is 5.78 Å². The maximum Gasteiger partial charge on any atom is 0.272 e. The number of benzene rings is 2. The highest BCUT2D eigenvalue weighted by Crippen LogP contribution is 2.32. The molecule has 200 valence electrons. The lowest BCUT2D eigenvalue weighted by Gasteiger charge is -2.31. The van der Waals surface area contributed by atoms with Crippen molar-refractivity contribution in [3.05, 3.63) is 81.9 Å². The van der Waals surface area contributed by atoms with Crippen molar-refractivity contribution in [3.63, 3.8) is 0 Å². The largest absolute Gasteiger partial charge is 0.497 e. The van der Waals surface area contributed by atoms with Gasteiger partial charge in [-0.1, -0.05) is 12.1 Å². The lowest BCUT2D eigenvalue weighted by atomic mass is 9.97. The van der Waals surface area contributed by atoms with Crippen LogP contribution < -0.4 is 14.8 Å². The highest BCUT2D eigenvalue weighted by Gasteiger charge is 2.28. The topological polar surface area (TPSA) is 111 Å². The van der Waals surface area contributed by atoms with Crippen LogP contribution in [0.5, 0.6) is 11.5 Å². The molecular formula is C29H28N4O5S. The van der Waals surface area contributed by atoms with E-state index in [4.69, 9.17) is 9.47 Å². The molecule has 1 aliphatic heterocycles. The van der Waals surface area contributed by atoms with Crippen LogP contribution >= 0.6 is 11.3 Å². The number of methoxy groups -OCH3 is 2. The Balaban J connectivity index is 1.16. The van der Waals surface area contributed by atoms with Crippen LogP contribution in [0.25, 0.3) is 10.9 Å². The van der Waals surface area contributed by atoms with Gasteiger partial charge in [0, 0.05) is 41.4 Å². The zero-order chi connectivity index (χ0) is 27.4. The molecule has 10 heteroatoms. The quantitative estimate of drug-likeness (QED) is 0.329. The van der Waals surface area contributed by atoms with E-state index >= 15 is 0 Å². The minimum Gasteiger partial charge on any atom is -0.497 e. The Bertz CT molecular complexity index is 1510. The number of para-hydroxylation sites is 1. The number of carbonyl (C=O) groups is 3. The fraction of sp³-hybridized carbons (Fsp3) is 0.276. The Morgan fingerprint density at radius 1 is 0.974 bits per heavy atom. The number of piperidine rings is 1. The van der Waals surface area contributed by atoms with Gasteiger partial charge in [0.1, 0.15) is 22.9 Å². The van der Waals surface area contributed by atoms with E-state index in [-0.39, 0.29) is 30.1 Å². The molecule has 39 heavy (non-hydrogen) atoms. The number of rotatable bonds is 8. The number of thiazole rings is 1. The Morgan fingerprint density at radius 3 is 2.44 bits per heavy atom. The fourth-order valence-corrected chi connectivity index (χ4v) is 5.59. The van der Waals surface area contributed by atoms with Crippen molar-refractivity contribution in [1.29, 1.82) is 0 Å². The third kappa shape index (κ3) is 5.75. The number of Topliss-reactive ketones (excluding diaryl/α,β-unsaturated/α-hetero) is 1. The lowest BCUT2D eigenvalue weighted by Crippen LogP contribution is -2.38. The molecule has 2 aromatic heterocycles. The molecule has 0 spiro atoms. The number of hydrogen-bond donors (Lipinski definition) is 1. The van der Waals surface area contributed by atoms with Gasteiger partial charge in [-0.05, 0) is 49.2 Å². The lowest BCUT2D eigenvalue weighted by molar-refractivity contribution is 0.0707. The summed E-state index contributed by atoms with van der Waals surface area (Å²) in [4.78, 5) is 49.1. The predicted octanol–water partition coefficient (Wildman–Crippen LogP) is 4.34. The van der Waals surface area contributed by atoms with Gasteiger partial charge in [-0.3, -0.25) is 14.4 Å². The highest BCUT2D eigenvalue weighted by atomic mass is 32.1. The van der Waals surface area contributed by atoms with Gasteiger partial charge in [0.25, 0.3) is 11.8 Å². The van der Waals surface area contributed by atoms with Crippen molar-refractivity contribution in [1.82, 2.24) is 20.2 Å². The standard InChI is InChI=1S/C29H28N4O5S/c1-37-20-9-7-18(8-10-20)25(34)16-30-27(35)24-17-39-28(32-24)19-11-13-33(14-12-19)29(36)23-15-26(38-2)21-5-3-4-6-22(21)31-23/h3-10,15,17,19H,11-14,16H2,1-2H3,(H,30,35). The van der Waals surface area contributed by atoms with Gasteiger partial charge in [-0.25, -0.2) is 9.97 Å². The van der Waals surface area contributed by atoms with Crippen molar-refractivity contribution in [2.75, 3.05) is 33.9 Å². The second-order valence-electron chi connectivity index (χ2n) is 9.20. The highest BCUT2D eigenvalue weighted by molar-refractivity contribution is 7.09. The number of pyridine rings is 1. The SMILES string of the molecule is COc1ccc(C(=O)CNC(=O)c2csc(C3CCN(C(=O)c4cc(OC)c5ccccc5n4)CC3)n2)cc1.